The SMILES string of the molecule is CCOc1c(Cl)ccc(C#N)c1N1CCCC1. The zero-order valence-corrected chi connectivity index (χ0v) is 10.6. The normalized spacial score (nSPS) is 14.8. The van der Waals surface area contributed by atoms with Crippen molar-refractivity contribution in [2.75, 3.05) is 24.6 Å². The van der Waals surface area contributed by atoms with Crippen molar-refractivity contribution in [3.8, 4) is 11.8 Å². The highest BCUT2D eigenvalue weighted by atomic mass is 35.5. The topological polar surface area (TPSA) is 36.3 Å². The monoisotopic (exact) mass is 250 g/mol. The van der Waals surface area contributed by atoms with Crippen LogP contribution >= 0.6 is 11.6 Å². The number of benzene rings is 1. The Hall–Kier alpha value is -1.40. The standard InChI is InChI=1S/C13H15ClN2O/c1-2-17-13-11(14)6-5-10(9-15)12(13)16-7-3-4-8-16/h5-6H,2-4,7-8H2,1H3. The predicted octanol–water partition coefficient (Wildman–Crippen LogP) is 3.21. The molecule has 0 unspecified atom stereocenters. The maximum absolute atomic E-state index is 9.19. The van der Waals surface area contributed by atoms with E-state index in [1.807, 2.05) is 6.92 Å². The Morgan fingerprint density at radius 1 is 1.41 bits per heavy atom. The summed E-state index contributed by atoms with van der Waals surface area (Å²) in [5.74, 6) is 0.648. The summed E-state index contributed by atoms with van der Waals surface area (Å²) >= 11 is 6.15. The average Bonchev–Trinajstić information content (AvgIpc) is 2.85. The maximum Gasteiger partial charge on any atom is 0.162 e. The molecule has 1 saturated heterocycles. The van der Waals surface area contributed by atoms with E-state index >= 15 is 0 Å². The van der Waals surface area contributed by atoms with E-state index in [9.17, 15) is 5.26 Å². The Morgan fingerprint density at radius 2 is 2.12 bits per heavy atom. The van der Waals surface area contributed by atoms with Gasteiger partial charge in [0, 0.05) is 13.1 Å². The van der Waals surface area contributed by atoms with Gasteiger partial charge >= 0.3 is 0 Å². The van der Waals surface area contributed by atoms with E-state index in [1.165, 1.54) is 0 Å². The second-order valence-electron chi connectivity index (χ2n) is 4.01. The lowest BCUT2D eigenvalue weighted by Crippen LogP contribution is -2.20. The van der Waals surface area contributed by atoms with Crippen LogP contribution in [-0.4, -0.2) is 19.7 Å². The number of hydrogen-bond acceptors (Lipinski definition) is 3. The molecule has 0 saturated carbocycles. The molecule has 1 aromatic carbocycles. The number of rotatable bonds is 3. The van der Waals surface area contributed by atoms with Crippen molar-refractivity contribution in [2.45, 2.75) is 19.8 Å². The Bertz CT molecular complexity index is 447. The molecule has 0 atom stereocenters. The van der Waals surface area contributed by atoms with Gasteiger partial charge in [-0.3, -0.25) is 0 Å². The van der Waals surface area contributed by atoms with E-state index in [-0.39, 0.29) is 0 Å². The summed E-state index contributed by atoms with van der Waals surface area (Å²) in [6, 6.07) is 5.71. The lowest BCUT2D eigenvalue weighted by molar-refractivity contribution is 0.341. The van der Waals surface area contributed by atoms with Crippen LogP contribution < -0.4 is 9.64 Å². The van der Waals surface area contributed by atoms with Gasteiger partial charge in [0.1, 0.15) is 6.07 Å². The first-order valence-corrected chi connectivity index (χ1v) is 6.26. The predicted molar refractivity (Wildman–Crippen MR) is 68.8 cm³/mol. The number of nitriles is 1. The minimum Gasteiger partial charge on any atom is -0.490 e. The van der Waals surface area contributed by atoms with Gasteiger partial charge in [0.2, 0.25) is 0 Å². The summed E-state index contributed by atoms with van der Waals surface area (Å²) in [6.45, 7) is 4.41. The highest BCUT2D eigenvalue weighted by molar-refractivity contribution is 6.32. The molecule has 1 aliphatic heterocycles. The number of nitrogens with zero attached hydrogens (tertiary/aromatic N) is 2. The highest BCUT2D eigenvalue weighted by Crippen LogP contribution is 2.39. The van der Waals surface area contributed by atoms with Crippen LogP contribution in [0.5, 0.6) is 5.75 Å². The Labute approximate surface area is 107 Å². The molecular formula is C13H15ClN2O. The average molecular weight is 251 g/mol. The number of halogens is 1. The lowest BCUT2D eigenvalue weighted by Gasteiger charge is -2.23. The van der Waals surface area contributed by atoms with E-state index in [2.05, 4.69) is 11.0 Å². The fraction of sp³-hybridized carbons (Fsp3) is 0.462. The Kier molecular flexibility index (Phi) is 3.75. The van der Waals surface area contributed by atoms with Crippen molar-refractivity contribution in [1.82, 2.24) is 0 Å². The van der Waals surface area contributed by atoms with Crippen LogP contribution in [0, 0.1) is 11.3 Å². The fourth-order valence-electron chi connectivity index (χ4n) is 2.17. The van der Waals surface area contributed by atoms with Gasteiger partial charge in [0.15, 0.2) is 5.75 Å². The van der Waals surface area contributed by atoms with Crippen molar-refractivity contribution in [3.05, 3.63) is 22.7 Å². The molecule has 0 aliphatic carbocycles. The summed E-state index contributed by atoms with van der Waals surface area (Å²) in [4.78, 5) is 2.19. The smallest absolute Gasteiger partial charge is 0.162 e. The first-order valence-electron chi connectivity index (χ1n) is 5.88. The first-order chi connectivity index (χ1) is 8.27. The second kappa shape index (κ2) is 5.29. The molecule has 1 aliphatic rings. The minimum atomic E-state index is 0.551. The van der Waals surface area contributed by atoms with Crippen molar-refractivity contribution < 1.29 is 4.74 Å². The number of anilines is 1. The quantitative estimate of drug-likeness (QED) is 0.827. The Morgan fingerprint density at radius 3 is 2.71 bits per heavy atom. The number of hydrogen-bond donors (Lipinski definition) is 0. The third-order valence-corrected chi connectivity index (χ3v) is 3.21. The highest BCUT2D eigenvalue weighted by Gasteiger charge is 2.22. The lowest BCUT2D eigenvalue weighted by atomic mass is 10.1. The molecule has 2 rings (SSSR count). The van der Waals surface area contributed by atoms with Gasteiger partial charge in [-0.25, -0.2) is 0 Å². The van der Waals surface area contributed by atoms with Crippen molar-refractivity contribution >= 4 is 17.3 Å². The molecule has 0 radical (unpaired) electrons. The molecule has 0 aromatic heterocycles. The summed E-state index contributed by atoms with van der Waals surface area (Å²) in [6.07, 6.45) is 2.31. The van der Waals surface area contributed by atoms with Gasteiger partial charge in [-0.15, -0.1) is 0 Å². The molecular weight excluding hydrogens is 236 g/mol. The van der Waals surface area contributed by atoms with E-state index in [1.54, 1.807) is 12.1 Å². The van der Waals surface area contributed by atoms with Crippen molar-refractivity contribution in [1.29, 1.82) is 5.26 Å². The molecule has 1 aromatic rings. The molecule has 0 amide bonds. The van der Waals surface area contributed by atoms with Crippen LogP contribution in [0.1, 0.15) is 25.3 Å². The third kappa shape index (κ3) is 2.32. The van der Waals surface area contributed by atoms with Crippen LogP contribution in [0.25, 0.3) is 0 Å². The van der Waals surface area contributed by atoms with Gasteiger partial charge in [-0.1, -0.05) is 11.6 Å². The maximum atomic E-state index is 9.19. The summed E-state index contributed by atoms with van der Waals surface area (Å²) in [7, 11) is 0. The number of ether oxygens (including phenoxy) is 1. The summed E-state index contributed by atoms with van der Waals surface area (Å²) in [5.41, 5.74) is 1.50. The molecule has 0 spiro atoms. The third-order valence-electron chi connectivity index (χ3n) is 2.91. The molecule has 17 heavy (non-hydrogen) atoms. The largest absolute Gasteiger partial charge is 0.490 e. The van der Waals surface area contributed by atoms with Gasteiger partial charge in [0.05, 0.1) is 22.9 Å². The molecule has 0 bridgehead atoms. The van der Waals surface area contributed by atoms with Crippen LogP contribution in [0.15, 0.2) is 12.1 Å². The molecule has 4 heteroatoms. The van der Waals surface area contributed by atoms with Crippen molar-refractivity contribution in [2.24, 2.45) is 0 Å². The second-order valence-corrected chi connectivity index (χ2v) is 4.42. The summed E-state index contributed by atoms with van der Waals surface area (Å²) < 4.78 is 5.60. The fourth-order valence-corrected chi connectivity index (χ4v) is 2.38. The van der Waals surface area contributed by atoms with E-state index in [4.69, 9.17) is 16.3 Å². The van der Waals surface area contributed by atoms with Gasteiger partial charge in [-0.05, 0) is 31.9 Å². The van der Waals surface area contributed by atoms with E-state index in [0.29, 0.717) is 22.9 Å². The van der Waals surface area contributed by atoms with Gasteiger partial charge in [-0.2, -0.15) is 5.26 Å². The minimum absolute atomic E-state index is 0.551. The van der Waals surface area contributed by atoms with Crippen LogP contribution in [0.2, 0.25) is 5.02 Å². The molecule has 1 fully saturated rings. The molecule has 3 nitrogen and oxygen atoms in total. The molecule has 1 heterocycles. The van der Waals surface area contributed by atoms with Crippen LogP contribution in [0.4, 0.5) is 5.69 Å². The molecule has 0 N–H and O–H groups in total. The van der Waals surface area contributed by atoms with Crippen molar-refractivity contribution in [3.63, 3.8) is 0 Å². The van der Waals surface area contributed by atoms with Crippen LogP contribution in [0.3, 0.4) is 0 Å². The van der Waals surface area contributed by atoms with E-state index < -0.39 is 0 Å². The van der Waals surface area contributed by atoms with Gasteiger partial charge in [0.25, 0.3) is 0 Å². The summed E-state index contributed by atoms with van der Waals surface area (Å²) in [5, 5.41) is 9.76. The Balaban J connectivity index is 2.50. The van der Waals surface area contributed by atoms with Gasteiger partial charge < -0.3 is 9.64 Å². The van der Waals surface area contributed by atoms with E-state index in [0.717, 1.165) is 31.6 Å². The van der Waals surface area contributed by atoms with Crippen LogP contribution in [-0.2, 0) is 0 Å². The zero-order valence-electron chi connectivity index (χ0n) is 9.87. The first kappa shape index (κ1) is 12.1. The zero-order chi connectivity index (χ0) is 12.3. The molecule has 90 valence electrons.